The Hall–Kier alpha value is -2.78. The molecule has 0 amide bonds. The number of aromatic nitrogens is 4. The van der Waals surface area contributed by atoms with Crippen LogP contribution in [0.5, 0.6) is 5.75 Å². The van der Waals surface area contributed by atoms with Crippen LogP contribution in [0.1, 0.15) is 11.3 Å². The van der Waals surface area contributed by atoms with E-state index >= 15 is 0 Å². The van der Waals surface area contributed by atoms with Gasteiger partial charge in [-0.15, -0.1) is 5.10 Å². The van der Waals surface area contributed by atoms with E-state index in [1.807, 2.05) is 13.0 Å². The van der Waals surface area contributed by atoms with Crippen LogP contribution in [0.4, 0.5) is 0 Å². The summed E-state index contributed by atoms with van der Waals surface area (Å²) in [5, 5.41) is 7.95. The van der Waals surface area contributed by atoms with Crippen LogP contribution >= 0.6 is 0 Å². The Kier molecular flexibility index (Phi) is 4.77. The first kappa shape index (κ1) is 17.1. The molecule has 3 rings (SSSR count). The molecule has 0 aliphatic rings. The van der Waals surface area contributed by atoms with Gasteiger partial charge in [0.15, 0.2) is 0 Å². The molecule has 0 bridgehead atoms. The summed E-state index contributed by atoms with van der Waals surface area (Å²) >= 11 is 0. The Labute approximate surface area is 145 Å². The first-order chi connectivity index (χ1) is 12.0. The third-order valence-corrected chi connectivity index (χ3v) is 4.93. The van der Waals surface area contributed by atoms with Crippen LogP contribution in [0.15, 0.2) is 53.8 Å². The molecule has 0 saturated carbocycles. The van der Waals surface area contributed by atoms with Crippen molar-refractivity contribution in [2.24, 2.45) is 0 Å². The van der Waals surface area contributed by atoms with Crippen molar-refractivity contribution in [2.75, 3.05) is 7.11 Å². The zero-order valence-corrected chi connectivity index (χ0v) is 14.6. The average Bonchev–Trinajstić information content (AvgIpc) is 3.10. The van der Waals surface area contributed by atoms with E-state index in [4.69, 9.17) is 4.74 Å². The molecule has 3 aromatic rings. The molecule has 0 saturated heterocycles. The fourth-order valence-corrected chi connectivity index (χ4v) is 3.49. The van der Waals surface area contributed by atoms with E-state index in [-0.39, 0.29) is 17.2 Å². The number of benzene rings is 1. The number of rotatable bonds is 6. The van der Waals surface area contributed by atoms with Gasteiger partial charge in [0.25, 0.3) is 0 Å². The largest absolute Gasteiger partial charge is 0.495 e. The molecule has 0 fully saturated rings. The lowest BCUT2D eigenvalue weighted by atomic mass is 10.2. The number of ether oxygens (including phenoxy) is 1. The fraction of sp³-hybridized carbons (Fsp3) is 0.188. The van der Waals surface area contributed by atoms with E-state index < -0.39 is 10.0 Å². The molecule has 0 aliphatic carbocycles. The highest BCUT2D eigenvalue weighted by molar-refractivity contribution is 7.89. The number of pyridine rings is 1. The van der Waals surface area contributed by atoms with E-state index in [1.165, 1.54) is 11.8 Å². The fourth-order valence-electron chi connectivity index (χ4n) is 2.24. The number of methoxy groups -OCH3 is 1. The predicted molar refractivity (Wildman–Crippen MR) is 90.9 cm³/mol. The van der Waals surface area contributed by atoms with Gasteiger partial charge in [-0.25, -0.2) is 17.8 Å². The van der Waals surface area contributed by atoms with Crippen LogP contribution in [0.2, 0.25) is 0 Å². The van der Waals surface area contributed by atoms with Crippen LogP contribution in [-0.2, 0) is 16.6 Å². The van der Waals surface area contributed by atoms with Gasteiger partial charge < -0.3 is 4.74 Å². The maximum Gasteiger partial charge on any atom is 0.244 e. The summed E-state index contributed by atoms with van der Waals surface area (Å²) in [7, 11) is -2.31. The molecule has 9 heteroatoms. The monoisotopic (exact) mass is 359 g/mol. The maximum atomic E-state index is 12.6. The first-order valence-electron chi connectivity index (χ1n) is 7.45. The number of nitrogens with zero attached hydrogens (tertiary/aromatic N) is 4. The molecule has 2 aromatic heterocycles. The Balaban J connectivity index is 1.77. The lowest BCUT2D eigenvalue weighted by Crippen LogP contribution is -2.24. The van der Waals surface area contributed by atoms with Crippen molar-refractivity contribution in [3.63, 3.8) is 0 Å². The standard InChI is InChI=1S/C16H17N5O3S/c1-12-5-6-15(24-2)16(8-12)25(22,23)18-9-13-11-21(20-19-13)14-4-3-7-17-10-14/h3-8,10-11,18H,9H2,1-2H3. The number of nitrogens with one attached hydrogen (secondary N) is 1. The molecule has 25 heavy (non-hydrogen) atoms. The van der Waals surface area contributed by atoms with Gasteiger partial charge in [-0.2, -0.15) is 0 Å². The van der Waals surface area contributed by atoms with E-state index in [0.29, 0.717) is 5.69 Å². The number of hydrogen-bond donors (Lipinski definition) is 1. The highest BCUT2D eigenvalue weighted by atomic mass is 32.2. The van der Waals surface area contributed by atoms with Gasteiger partial charge in [-0.05, 0) is 36.8 Å². The summed E-state index contributed by atoms with van der Waals surface area (Å²) < 4.78 is 34.3. The van der Waals surface area contributed by atoms with Crippen LogP contribution in [-0.4, -0.2) is 35.5 Å². The lowest BCUT2D eigenvalue weighted by Gasteiger charge is -2.10. The third-order valence-electron chi connectivity index (χ3n) is 3.50. The Morgan fingerprint density at radius 2 is 2.12 bits per heavy atom. The molecule has 0 spiro atoms. The van der Waals surface area contributed by atoms with Crippen LogP contribution in [0, 0.1) is 6.92 Å². The Morgan fingerprint density at radius 1 is 1.28 bits per heavy atom. The van der Waals surface area contributed by atoms with Crippen molar-refractivity contribution >= 4 is 10.0 Å². The number of sulfonamides is 1. The van der Waals surface area contributed by atoms with Gasteiger partial charge in [0.05, 0.1) is 37.4 Å². The normalized spacial score (nSPS) is 11.4. The first-order valence-corrected chi connectivity index (χ1v) is 8.94. The van der Waals surface area contributed by atoms with Crippen molar-refractivity contribution in [1.82, 2.24) is 24.7 Å². The van der Waals surface area contributed by atoms with Crippen LogP contribution in [0.3, 0.4) is 0 Å². The molecule has 8 nitrogen and oxygen atoms in total. The van der Waals surface area contributed by atoms with Gasteiger partial charge in [-0.3, -0.25) is 4.98 Å². The molecule has 1 aromatic carbocycles. The minimum atomic E-state index is -3.74. The predicted octanol–water partition coefficient (Wildman–Crippen LogP) is 1.46. The molecule has 130 valence electrons. The molecule has 0 atom stereocenters. The maximum absolute atomic E-state index is 12.6. The summed E-state index contributed by atoms with van der Waals surface area (Å²) in [5.41, 5.74) is 2.05. The summed E-state index contributed by atoms with van der Waals surface area (Å²) in [6, 6.07) is 8.59. The summed E-state index contributed by atoms with van der Waals surface area (Å²) in [5.74, 6) is 0.289. The second-order valence-electron chi connectivity index (χ2n) is 5.34. The topological polar surface area (TPSA) is 99.0 Å². The quantitative estimate of drug-likeness (QED) is 0.715. The van der Waals surface area contributed by atoms with Gasteiger partial charge >= 0.3 is 0 Å². The molecule has 0 unspecified atom stereocenters. The highest BCUT2D eigenvalue weighted by Gasteiger charge is 2.20. The SMILES string of the molecule is COc1ccc(C)cc1S(=O)(=O)NCc1cn(-c2cccnc2)nn1. The minimum absolute atomic E-state index is 0.0136. The molecular weight excluding hydrogens is 342 g/mol. The Morgan fingerprint density at radius 3 is 2.84 bits per heavy atom. The average molecular weight is 359 g/mol. The van der Waals surface area contributed by atoms with Crippen molar-refractivity contribution in [2.45, 2.75) is 18.4 Å². The van der Waals surface area contributed by atoms with E-state index in [2.05, 4.69) is 20.0 Å². The second-order valence-corrected chi connectivity index (χ2v) is 7.08. The zero-order chi connectivity index (χ0) is 17.9. The summed E-state index contributed by atoms with van der Waals surface area (Å²) in [4.78, 5) is 4.10. The molecule has 0 radical (unpaired) electrons. The number of hydrogen-bond acceptors (Lipinski definition) is 6. The Bertz CT molecular complexity index is 970. The van der Waals surface area contributed by atoms with E-state index in [9.17, 15) is 8.42 Å². The second kappa shape index (κ2) is 6.99. The third kappa shape index (κ3) is 3.83. The zero-order valence-electron chi connectivity index (χ0n) is 13.7. The molecule has 1 N–H and O–H groups in total. The van der Waals surface area contributed by atoms with Gasteiger partial charge in [0.1, 0.15) is 10.6 Å². The van der Waals surface area contributed by atoms with Crippen molar-refractivity contribution in [1.29, 1.82) is 0 Å². The summed E-state index contributed by atoms with van der Waals surface area (Å²) in [6.45, 7) is 1.83. The molecule has 2 heterocycles. The lowest BCUT2D eigenvalue weighted by molar-refractivity contribution is 0.402. The smallest absolute Gasteiger partial charge is 0.244 e. The van der Waals surface area contributed by atoms with Gasteiger partial charge in [0.2, 0.25) is 10.0 Å². The minimum Gasteiger partial charge on any atom is -0.495 e. The summed E-state index contributed by atoms with van der Waals surface area (Å²) in [6.07, 6.45) is 4.94. The van der Waals surface area contributed by atoms with Crippen molar-refractivity contribution in [3.8, 4) is 11.4 Å². The highest BCUT2D eigenvalue weighted by Crippen LogP contribution is 2.24. The molecule has 0 aliphatic heterocycles. The van der Waals surface area contributed by atoms with Gasteiger partial charge in [-0.1, -0.05) is 11.3 Å². The van der Waals surface area contributed by atoms with E-state index in [0.717, 1.165) is 11.3 Å². The molecular formula is C16H17N5O3S. The van der Waals surface area contributed by atoms with Crippen LogP contribution < -0.4 is 9.46 Å². The number of aryl methyl sites for hydroxylation is 1. The van der Waals surface area contributed by atoms with Crippen molar-refractivity contribution < 1.29 is 13.2 Å². The van der Waals surface area contributed by atoms with Crippen molar-refractivity contribution in [3.05, 3.63) is 60.2 Å². The van der Waals surface area contributed by atoms with E-state index in [1.54, 1.807) is 42.9 Å². The van der Waals surface area contributed by atoms with Crippen LogP contribution in [0.25, 0.3) is 5.69 Å². The van der Waals surface area contributed by atoms with Gasteiger partial charge in [0, 0.05) is 6.20 Å².